The van der Waals surface area contributed by atoms with Gasteiger partial charge >= 0.3 is 5.97 Å². The zero-order valence-corrected chi connectivity index (χ0v) is 11.9. The summed E-state index contributed by atoms with van der Waals surface area (Å²) in [5, 5.41) is 9.26. The molecule has 4 heteroatoms. The standard InChI is InChI=1S/C15H22N2O2/c1-16(2)15(9-6-10-15)11-17(3)13-8-5-4-7-12(13)14(18)19/h4-5,7-8H,6,9-11H2,1-3H3,(H,18,19). The average molecular weight is 262 g/mol. The predicted octanol–water partition coefficient (Wildman–Crippen LogP) is 2.31. The van der Waals surface area contributed by atoms with Crippen molar-refractivity contribution in [2.24, 2.45) is 0 Å². The first-order chi connectivity index (χ1) is 8.96. The van der Waals surface area contributed by atoms with Gasteiger partial charge in [0.1, 0.15) is 0 Å². The zero-order valence-electron chi connectivity index (χ0n) is 11.9. The van der Waals surface area contributed by atoms with Gasteiger partial charge in [-0.05, 0) is 45.5 Å². The van der Waals surface area contributed by atoms with Gasteiger partial charge in [0, 0.05) is 19.1 Å². The number of carboxylic acids is 1. The average Bonchev–Trinajstić information content (AvgIpc) is 2.33. The number of aromatic carboxylic acids is 1. The van der Waals surface area contributed by atoms with Crippen LogP contribution in [0.4, 0.5) is 5.69 Å². The van der Waals surface area contributed by atoms with Crippen molar-refractivity contribution in [2.45, 2.75) is 24.8 Å². The van der Waals surface area contributed by atoms with Crippen molar-refractivity contribution in [2.75, 3.05) is 32.6 Å². The van der Waals surface area contributed by atoms with Crippen LogP contribution in [0.25, 0.3) is 0 Å². The fourth-order valence-corrected chi connectivity index (χ4v) is 2.85. The molecule has 1 aromatic carbocycles. The third-order valence-corrected chi connectivity index (χ3v) is 4.31. The van der Waals surface area contributed by atoms with Crippen LogP contribution in [0.5, 0.6) is 0 Å². The molecule has 0 amide bonds. The molecular formula is C15H22N2O2. The van der Waals surface area contributed by atoms with Crippen LogP contribution in [-0.4, -0.2) is 49.2 Å². The number of nitrogens with zero attached hydrogens (tertiary/aromatic N) is 2. The molecule has 2 rings (SSSR count). The molecule has 0 radical (unpaired) electrons. The maximum atomic E-state index is 11.3. The van der Waals surface area contributed by atoms with Crippen molar-refractivity contribution in [3.63, 3.8) is 0 Å². The third-order valence-electron chi connectivity index (χ3n) is 4.31. The van der Waals surface area contributed by atoms with Crippen molar-refractivity contribution < 1.29 is 9.90 Å². The largest absolute Gasteiger partial charge is 0.478 e. The number of hydrogen-bond acceptors (Lipinski definition) is 3. The van der Waals surface area contributed by atoms with Crippen molar-refractivity contribution in [1.82, 2.24) is 4.90 Å². The van der Waals surface area contributed by atoms with Crippen LogP contribution < -0.4 is 4.90 Å². The minimum atomic E-state index is -0.866. The molecule has 1 fully saturated rings. The number of rotatable bonds is 5. The summed E-state index contributed by atoms with van der Waals surface area (Å²) in [6, 6.07) is 7.20. The predicted molar refractivity (Wildman–Crippen MR) is 76.9 cm³/mol. The molecule has 0 aliphatic heterocycles. The number of benzene rings is 1. The van der Waals surface area contributed by atoms with Gasteiger partial charge in [0.2, 0.25) is 0 Å². The summed E-state index contributed by atoms with van der Waals surface area (Å²) in [4.78, 5) is 15.6. The molecule has 0 saturated heterocycles. The highest BCUT2D eigenvalue weighted by atomic mass is 16.4. The minimum Gasteiger partial charge on any atom is -0.478 e. The number of anilines is 1. The summed E-state index contributed by atoms with van der Waals surface area (Å²) in [7, 11) is 6.19. The van der Waals surface area contributed by atoms with E-state index < -0.39 is 5.97 Å². The topological polar surface area (TPSA) is 43.8 Å². The van der Waals surface area contributed by atoms with E-state index in [-0.39, 0.29) is 5.54 Å². The van der Waals surface area contributed by atoms with E-state index in [1.54, 1.807) is 12.1 Å². The molecule has 0 spiro atoms. The SMILES string of the molecule is CN(CC1(N(C)C)CCC1)c1ccccc1C(=O)O. The first kappa shape index (κ1) is 13.9. The van der Waals surface area contributed by atoms with Gasteiger partial charge in [-0.1, -0.05) is 12.1 Å². The highest BCUT2D eigenvalue weighted by molar-refractivity contribution is 5.94. The Hall–Kier alpha value is -1.55. The fourth-order valence-electron chi connectivity index (χ4n) is 2.85. The van der Waals surface area contributed by atoms with E-state index in [2.05, 4.69) is 23.9 Å². The minimum absolute atomic E-state index is 0.195. The van der Waals surface area contributed by atoms with Gasteiger partial charge in [0.05, 0.1) is 11.3 Å². The molecule has 1 saturated carbocycles. The molecule has 19 heavy (non-hydrogen) atoms. The molecular weight excluding hydrogens is 240 g/mol. The summed E-state index contributed by atoms with van der Waals surface area (Å²) in [6.07, 6.45) is 3.62. The second-order valence-corrected chi connectivity index (χ2v) is 5.65. The maximum Gasteiger partial charge on any atom is 0.337 e. The second-order valence-electron chi connectivity index (χ2n) is 5.65. The van der Waals surface area contributed by atoms with Gasteiger partial charge in [-0.2, -0.15) is 0 Å². The van der Waals surface area contributed by atoms with E-state index in [0.717, 1.165) is 12.2 Å². The van der Waals surface area contributed by atoms with Crippen LogP contribution in [0, 0.1) is 0 Å². The molecule has 0 heterocycles. The smallest absolute Gasteiger partial charge is 0.337 e. The van der Waals surface area contributed by atoms with Crippen molar-refractivity contribution in [3.05, 3.63) is 29.8 Å². The number of likely N-dealkylation sites (N-methyl/N-ethyl adjacent to an activating group) is 2. The van der Waals surface area contributed by atoms with E-state index >= 15 is 0 Å². The lowest BCUT2D eigenvalue weighted by molar-refractivity contribution is 0.0670. The van der Waals surface area contributed by atoms with Gasteiger partial charge in [-0.3, -0.25) is 0 Å². The summed E-state index contributed by atoms with van der Waals surface area (Å²) in [5.41, 5.74) is 1.36. The summed E-state index contributed by atoms with van der Waals surface area (Å²) in [5.74, 6) is -0.866. The zero-order chi connectivity index (χ0) is 14.0. The quantitative estimate of drug-likeness (QED) is 0.884. The summed E-state index contributed by atoms with van der Waals surface area (Å²) in [6.45, 7) is 0.865. The summed E-state index contributed by atoms with van der Waals surface area (Å²) < 4.78 is 0. The maximum absolute atomic E-state index is 11.3. The van der Waals surface area contributed by atoms with E-state index in [1.165, 1.54) is 19.3 Å². The molecule has 1 N–H and O–H groups in total. The van der Waals surface area contributed by atoms with Gasteiger partial charge in [-0.25, -0.2) is 4.79 Å². The Morgan fingerprint density at radius 2 is 1.89 bits per heavy atom. The third kappa shape index (κ3) is 2.59. The van der Waals surface area contributed by atoms with E-state index in [1.807, 2.05) is 19.2 Å². The molecule has 1 aromatic rings. The molecule has 0 unspecified atom stereocenters. The lowest BCUT2D eigenvalue weighted by Crippen LogP contribution is -2.56. The molecule has 0 aromatic heterocycles. The fraction of sp³-hybridized carbons (Fsp3) is 0.533. The molecule has 0 bridgehead atoms. The lowest BCUT2D eigenvalue weighted by Gasteiger charge is -2.49. The van der Waals surface area contributed by atoms with Crippen LogP contribution in [0.1, 0.15) is 29.6 Å². The normalized spacial score (nSPS) is 17.1. The van der Waals surface area contributed by atoms with Crippen LogP contribution in [0.3, 0.4) is 0 Å². The van der Waals surface area contributed by atoms with E-state index in [9.17, 15) is 9.90 Å². The Labute approximate surface area is 114 Å². The lowest BCUT2D eigenvalue weighted by atomic mass is 9.75. The van der Waals surface area contributed by atoms with Crippen molar-refractivity contribution >= 4 is 11.7 Å². The molecule has 1 aliphatic rings. The van der Waals surface area contributed by atoms with Crippen LogP contribution in [0.15, 0.2) is 24.3 Å². The van der Waals surface area contributed by atoms with Crippen LogP contribution >= 0.6 is 0 Å². The molecule has 1 aliphatic carbocycles. The first-order valence-corrected chi connectivity index (χ1v) is 6.67. The van der Waals surface area contributed by atoms with Gasteiger partial charge < -0.3 is 14.9 Å². The summed E-state index contributed by atoms with van der Waals surface area (Å²) >= 11 is 0. The number of carbonyl (C=O) groups is 1. The van der Waals surface area contributed by atoms with E-state index in [0.29, 0.717) is 5.56 Å². The molecule has 4 nitrogen and oxygen atoms in total. The van der Waals surface area contributed by atoms with Gasteiger partial charge in [0.25, 0.3) is 0 Å². The molecule has 0 atom stereocenters. The monoisotopic (exact) mass is 262 g/mol. The van der Waals surface area contributed by atoms with Crippen molar-refractivity contribution in [3.8, 4) is 0 Å². The number of carboxylic acid groups (broad SMARTS) is 1. The highest BCUT2D eigenvalue weighted by Crippen LogP contribution is 2.37. The number of hydrogen-bond donors (Lipinski definition) is 1. The van der Waals surface area contributed by atoms with Crippen molar-refractivity contribution in [1.29, 1.82) is 0 Å². The Kier molecular flexibility index (Phi) is 3.80. The molecule has 104 valence electrons. The highest BCUT2D eigenvalue weighted by Gasteiger charge is 2.40. The Bertz CT molecular complexity index is 467. The Balaban J connectivity index is 2.20. The Morgan fingerprint density at radius 3 is 2.37 bits per heavy atom. The Morgan fingerprint density at radius 1 is 1.26 bits per heavy atom. The van der Waals surface area contributed by atoms with Crippen LogP contribution in [-0.2, 0) is 0 Å². The second kappa shape index (κ2) is 5.21. The first-order valence-electron chi connectivity index (χ1n) is 6.67. The van der Waals surface area contributed by atoms with Crippen LogP contribution in [0.2, 0.25) is 0 Å². The van der Waals surface area contributed by atoms with Gasteiger partial charge in [0.15, 0.2) is 0 Å². The number of para-hydroxylation sites is 1. The van der Waals surface area contributed by atoms with Gasteiger partial charge in [-0.15, -0.1) is 0 Å². The van der Waals surface area contributed by atoms with E-state index in [4.69, 9.17) is 0 Å².